The van der Waals surface area contributed by atoms with Crippen LogP contribution in [0.25, 0.3) is 0 Å². The van der Waals surface area contributed by atoms with Crippen LogP contribution in [0.5, 0.6) is 0 Å². The second-order valence-electron chi connectivity index (χ2n) is 4.65. The Labute approximate surface area is 131 Å². The Kier molecular flexibility index (Phi) is 4.41. The molecule has 7 nitrogen and oxygen atoms in total. The monoisotopic (exact) mass is 338 g/mol. The van der Waals surface area contributed by atoms with Crippen molar-refractivity contribution < 1.29 is 22.5 Å². The lowest BCUT2D eigenvalue weighted by Gasteiger charge is -2.08. The van der Waals surface area contributed by atoms with E-state index in [0.717, 1.165) is 0 Å². The summed E-state index contributed by atoms with van der Waals surface area (Å²) in [6.07, 6.45) is 0. The number of benzene rings is 2. The molecule has 120 valence electrons. The van der Waals surface area contributed by atoms with E-state index < -0.39 is 37.3 Å². The molecular weight excluding hydrogens is 327 g/mol. The van der Waals surface area contributed by atoms with Gasteiger partial charge >= 0.3 is 0 Å². The number of nitrogens with zero attached hydrogens (tertiary/aromatic N) is 1. The predicted octanol–water partition coefficient (Wildman–Crippen LogP) is 2.16. The van der Waals surface area contributed by atoms with E-state index in [9.17, 15) is 27.7 Å². The van der Waals surface area contributed by atoms with E-state index in [1.807, 2.05) is 0 Å². The van der Waals surface area contributed by atoms with Crippen LogP contribution < -0.4 is 4.72 Å². The molecule has 1 N–H and O–H groups in total. The van der Waals surface area contributed by atoms with E-state index in [1.54, 1.807) is 29.8 Å². The highest BCUT2D eigenvalue weighted by Crippen LogP contribution is 2.20. The van der Waals surface area contributed by atoms with Gasteiger partial charge in [0.1, 0.15) is 5.82 Å². The molecule has 0 unspecified atom stereocenters. The zero-order chi connectivity index (χ0) is 17.2. The molecule has 0 bridgehead atoms. The maximum Gasteiger partial charge on any atom is 0.273 e. The molecule has 0 heterocycles. The number of aryl methyl sites for hydroxylation is 1. The van der Waals surface area contributed by atoms with Crippen molar-refractivity contribution in [3.63, 3.8) is 0 Å². The van der Waals surface area contributed by atoms with Gasteiger partial charge in [0.05, 0.1) is 15.9 Å². The maximum atomic E-state index is 13.4. The van der Waals surface area contributed by atoms with E-state index in [2.05, 4.69) is 0 Å². The lowest BCUT2D eigenvalue weighted by atomic mass is 10.1. The van der Waals surface area contributed by atoms with Crippen LogP contribution in [-0.2, 0) is 10.0 Å². The Morgan fingerprint density at radius 1 is 1.22 bits per heavy atom. The smallest absolute Gasteiger partial charge is 0.268 e. The number of nitro groups is 1. The Morgan fingerprint density at radius 2 is 1.87 bits per heavy atom. The fourth-order valence-corrected chi connectivity index (χ4v) is 2.89. The summed E-state index contributed by atoms with van der Waals surface area (Å²) in [4.78, 5) is 21.1. The standard InChI is InChI=1S/C14H11FN2O5S/c1-9-4-2-3-5-13(9)14(18)16-23(21,22)12-7-10(15)6-11(8-12)17(19)20/h2-8H,1H3,(H,16,18). The molecule has 0 aromatic heterocycles. The molecule has 0 radical (unpaired) electrons. The van der Waals surface area contributed by atoms with Crippen molar-refractivity contribution in [1.82, 2.24) is 4.72 Å². The molecule has 23 heavy (non-hydrogen) atoms. The van der Waals surface area contributed by atoms with Gasteiger partial charge in [-0.3, -0.25) is 14.9 Å². The molecule has 0 saturated heterocycles. The van der Waals surface area contributed by atoms with Crippen molar-refractivity contribution in [1.29, 1.82) is 0 Å². The Morgan fingerprint density at radius 3 is 2.48 bits per heavy atom. The number of halogens is 1. The van der Waals surface area contributed by atoms with Crippen molar-refractivity contribution in [2.24, 2.45) is 0 Å². The minimum absolute atomic E-state index is 0.127. The first-order valence-corrected chi connectivity index (χ1v) is 7.77. The van der Waals surface area contributed by atoms with Crippen LogP contribution in [0.1, 0.15) is 15.9 Å². The summed E-state index contributed by atoms with van der Waals surface area (Å²) >= 11 is 0. The van der Waals surface area contributed by atoms with Gasteiger partial charge in [-0.05, 0) is 24.6 Å². The predicted molar refractivity (Wildman–Crippen MR) is 78.9 cm³/mol. The Hall–Kier alpha value is -2.81. The first-order chi connectivity index (χ1) is 10.7. The van der Waals surface area contributed by atoms with Gasteiger partial charge < -0.3 is 0 Å². The van der Waals surface area contributed by atoms with Gasteiger partial charge in [-0.1, -0.05) is 18.2 Å². The molecule has 0 aliphatic rings. The van der Waals surface area contributed by atoms with Gasteiger partial charge in [-0.15, -0.1) is 0 Å². The number of carbonyl (C=O) groups excluding carboxylic acids is 1. The summed E-state index contributed by atoms with van der Waals surface area (Å²) in [5.41, 5.74) is -0.0545. The fraction of sp³-hybridized carbons (Fsp3) is 0.0714. The molecule has 0 atom stereocenters. The minimum Gasteiger partial charge on any atom is -0.268 e. The van der Waals surface area contributed by atoms with Crippen LogP contribution in [0, 0.1) is 22.9 Å². The summed E-state index contributed by atoms with van der Waals surface area (Å²) < 4.78 is 39.4. The lowest BCUT2D eigenvalue weighted by Crippen LogP contribution is -2.31. The highest BCUT2D eigenvalue weighted by molar-refractivity contribution is 7.90. The second kappa shape index (κ2) is 6.13. The molecule has 0 aliphatic heterocycles. The van der Waals surface area contributed by atoms with Gasteiger partial charge in [0, 0.05) is 11.6 Å². The molecule has 2 rings (SSSR count). The van der Waals surface area contributed by atoms with Crippen molar-refractivity contribution in [2.75, 3.05) is 0 Å². The fourth-order valence-electron chi connectivity index (χ4n) is 1.87. The normalized spacial score (nSPS) is 11.0. The van der Waals surface area contributed by atoms with Crippen LogP contribution in [0.3, 0.4) is 0 Å². The first kappa shape index (κ1) is 16.6. The van der Waals surface area contributed by atoms with Crippen LogP contribution in [0.15, 0.2) is 47.4 Å². The molecule has 2 aromatic carbocycles. The summed E-state index contributed by atoms with van der Waals surface area (Å²) in [6, 6.07) is 8.14. The number of hydrogen-bond donors (Lipinski definition) is 1. The van der Waals surface area contributed by atoms with Crippen molar-refractivity contribution in [2.45, 2.75) is 11.8 Å². The maximum absolute atomic E-state index is 13.4. The third-order valence-corrected chi connectivity index (χ3v) is 4.30. The van der Waals surface area contributed by atoms with E-state index in [1.165, 1.54) is 6.07 Å². The number of hydrogen-bond acceptors (Lipinski definition) is 5. The van der Waals surface area contributed by atoms with Gasteiger partial charge in [0.25, 0.3) is 21.6 Å². The van der Waals surface area contributed by atoms with Crippen molar-refractivity contribution in [3.05, 3.63) is 69.5 Å². The molecule has 9 heteroatoms. The molecular formula is C14H11FN2O5S. The van der Waals surface area contributed by atoms with E-state index in [-0.39, 0.29) is 5.56 Å². The zero-order valence-corrected chi connectivity index (χ0v) is 12.6. The summed E-state index contributed by atoms with van der Waals surface area (Å²) in [6.45, 7) is 1.62. The first-order valence-electron chi connectivity index (χ1n) is 6.28. The van der Waals surface area contributed by atoms with E-state index >= 15 is 0 Å². The number of amides is 1. The highest BCUT2D eigenvalue weighted by Gasteiger charge is 2.23. The second-order valence-corrected chi connectivity index (χ2v) is 6.33. The molecule has 0 spiro atoms. The SMILES string of the molecule is Cc1ccccc1C(=O)NS(=O)(=O)c1cc(F)cc([N+](=O)[O-])c1. The number of carbonyl (C=O) groups is 1. The quantitative estimate of drug-likeness (QED) is 0.679. The largest absolute Gasteiger partial charge is 0.273 e. The van der Waals surface area contributed by atoms with Gasteiger partial charge in [0.15, 0.2) is 0 Å². The van der Waals surface area contributed by atoms with Crippen LogP contribution in [0.4, 0.5) is 10.1 Å². The topological polar surface area (TPSA) is 106 Å². The average molecular weight is 338 g/mol. The number of nitro benzene ring substituents is 1. The van der Waals surface area contributed by atoms with E-state index in [0.29, 0.717) is 23.8 Å². The number of rotatable bonds is 4. The highest BCUT2D eigenvalue weighted by atomic mass is 32.2. The van der Waals surface area contributed by atoms with Gasteiger partial charge in [-0.25, -0.2) is 17.5 Å². The van der Waals surface area contributed by atoms with E-state index in [4.69, 9.17) is 0 Å². The molecule has 0 fully saturated rings. The third kappa shape index (κ3) is 3.69. The summed E-state index contributed by atoms with van der Waals surface area (Å²) in [5, 5.41) is 10.7. The average Bonchev–Trinajstić information content (AvgIpc) is 2.46. The Balaban J connectivity index is 2.38. The number of nitrogens with one attached hydrogen (secondary N) is 1. The summed E-state index contributed by atoms with van der Waals surface area (Å²) in [7, 11) is -4.45. The van der Waals surface area contributed by atoms with Crippen LogP contribution in [0.2, 0.25) is 0 Å². The van der Waals surface area contributed by atoms with Crippen LogP contribution >= 0.6 is 0 Å². The van der Waals surface area contributed by atoms with Gasteiger partial charge in [0.2, 0.25) is 0 Å². The third-order valence-electron chi connectivity index (χ3n) is 2.99. The van der Waals surface area contributed by atoms with Crippen molar-refractivity contribution in [3.8, 4) is 0 Å². The molecule has 2 aromatic rings. The number of sulfonamides is 1. The minimum atomic E-state index is -4.45. The van der Waals surface area contributed by atoms with Crippen LogP contribution in [-0.4, -0.2) is 19.2 Å². The molecule has 0 saturated carbocycles. The lowest BCUT2D eigenvalue weighted by molar-refractivity contribution is -0.385. The summed E-state index contributed by atoms with van der Waals surface area (Å²) in [5.74, 6) is -2.00. The number of non-ortho nitro benzene ring substituents is 1. The van der Waals surface area contributed by atoms with Gasteiger partial charge in [-0.2, -0.15) is 0 Å². The Bertz CT molecular complexity index is 896. The van der Waals surface area contributed by atoms with Crippen molar-refractivity contribution >= 4 is 21.6 Å². The molecule has 0 aliphatic carbocycles. The molecule has 1 amide bonds. The zero-order valence-electron chi connectivity index (χ0n) is 11.8.